The third-order valence-electron chi connectivity index (χ3n) is 4.38. The van der Waals surface area contributed by atoms with Crippen molar-refractivity contribution in [3.05, 3.63) is 18.3 Å². The van der Waals surface area contributed by atoms with E-state index < -0.39 is 0 Å². The third kappa shape index (κ3) is 2.41. The molecule has 5 heteroatoms. The Kier molecular flexibility index (Phi) is 3.66. The quantitative estimate of drug-likeness (QED) is 0.871. The lowest BCUT2D eigenvalue weighted by molar-refractivity contribution is 0.319. The predicted molar refractivity (Wildman–Crippen MR) is 83.8 cm³/mol. The van der Waals surface area contributed by atoms with E-state index in [1.54, 1.807) is 14.2 Å². The molecular formula is C16H23N3O2. The molecule has 0 N–H and O–H groups in total. The number of methoxy groups -OCH3 is 2. The van der Waals surface area contributed by atoms with Crippen LogP contribution in [0.1, 0.15) is 33.1 Å². The molecule has 3 rings (SSSR count). The van der Waals surface area contributed by atoms with Crippen LogP contribution in [0.5, 0.6) is 11.5 Å². The molecule has 0 radical (unpaired) electrons. The second kappa shape index (κ2) is 5.47. The number of piperidine rings is 1. The largest absolute Gasteiger partial charge is 0.493 e. The molecule has 1 aromatic carbocycles. The fraction of sp³-hybridized carbons (Fsp3) is 0.562. The maximum atomic E-state index is 5.37. The Hall–Kier alpha value is -1.91. The monoisotopic (exact) mass is 289 g/mol. The van der Waals surface area contributed by atoms with E-state index in [2.05, 4.69) is 25.1 Å². The van der Waals surface area contributed by atoms with Crippen molar-refractivity contribution in [2.24, 2.45) is 0 Å². The Balaban J connectivity index is 2.04. The lowest BCUT2D eigenvalue weighted by Crippen LogP contribution is -2.51. The maximum Gasteiger partial charge on any atom is 0.162 e. The van der Waals surface area contributed by atoms with Gasteiger partial charge in [-0.3, -0.25) is 5.01 Å². The lowest BCUT2D eigenvalue weighted by Gasteiger charge is -2.40. The van der Waals surface area contributed by atoms with Crippen LogP contribution in [0.2, 0.25) is 0 Å². The maximum absolute atomic E-state index is 5.37. The zero-order valence-corrected chi connectivity index (χ0v) is 13.2. The van der Waals surface area contributed by atoms with E-state index in [4.69, 9.17) is 14.6 Å². The van der Waals surface area contributed by atoms with Gasteiger partial charge in [0.25, 0.3) is 0 Å². The molecule has 0 aliphatic carbocycles. The first-order valence-corrected chi connectivity index (χ1v) is 7.54. The molecule has 0 spiro atoms. The van der Waals surface area contributed by atoms with E-state index in [-0.39, 0.29) is 0 Å². The van der Waals surface area contributed by atoms with Gasteiger partial charge < -0.3 is 9.47 Å². The van der Waals surface area contributed by atoms with Crippen molar-refractivity contribution in [3.8, 4) is 11.5 Å². The molecule has 1 aromatic heterocycles. The standard InChI is InChI=1S/C16H23N3O2/c1-11-6-5-7-12(2)19(11)18-10-13-8-15(20-3)16(21-4)9-14(13)17-18/h8-12H,5-7H2,1-4H3. The smallest absolute Gasteiger partial charge is 0.162 e. The first kappa shape index (κ1) is 14.0. The minimum atomic E-state index is 0.506. The van der Waals surface area contributed by atoms with E-state index in [0.29, 0.717) is 12.1 Å². The minimum Gasteiger partial charge on any atom is -0.493 e. The molecular weight excluding hydrogens is 266 g/mol. The third-order valence-corrected chi connectivity index (χ3v) is 4.38. The highest BCUT2D eigenvalue weighted by Crippen LogP contribution is 2.32. The van der Waals surface area contributed by atoms with Crippen molar-refractivity contribution in [1.29, 1.82) is 0 Å². The van der Waals surface area contributed by atoms with Gasteiger partial charge in [-0.25, -0.2) is 0 Å². The number of hydrogen-bond acceptors (Lipinski definition) is 4. The van der Waals surface area contributed by atoms with Gasteiger partial charge in [-0.2, -0.15) is 9.89 Å². The number of benzene rings is 1. The Morgan fingerprint density at radius 1 is 1.05 bits per heavy atom. The average molecular weight is 289 g/mol. The molecule has 2 heterocycles. The lowest BCUT2D eigenvalue weighted by atomic mass is 10.00. The van der Waals surface area contributed by atoms with Crippen LogP contribution in [0.25, 0.3) is 10.9 Å². The van der Waals surface area contributed by atoms with Crippen LogP contribution in [0.4, 0.5) is 0 Å². The van der Waals surface area contributed by atoms with Crippen LogP contribution in [0, 0.1) is 0 Å². The topological polar surface area (TPSA) is 39.5 Å². The molecule has 1 fully saturated rings. The molecule has 114 valence electrons. The Bertz CT molecular complexity index is 587. The molecule has 2 unspecified atom stereocenters. The van der Waals surface area contributed by atoms with Crippen molar-refractivity contribution in [2.75, 3.05) is 19.2 Å². The predicted octanol–water partition coefficient (Wildman–Crippen LogP) is 2.95. The van der Waals surface area contributed by atoms with Gasteiger partial charge in [0.05, 0.1) is 25.9 Å². The van der Waals surface area contributed by atoms with Gasteiger partial charge in [0.2, 0.25) is 0 Å². The SMILES string of the molecule is COc1cc2cn(N3C(C)CCCC3C)nc2cc1OC. The molecule has 1 aliphatic heterocycles. The second-order valence-electron chi connectivity index (χ2n) is 5.82. The highest BCUT2D eigenvalue weighted by molar-refractivity contribution is 5.82. The van der Waals surface area contributed by atoms with Crippen molar-refractivity contribution in [1.82, 2.24) is 9.89 Å². The summed E-state index contributed by atoms with van der Waals surface area (Å²) >= 11 is 0. The van der Waals surface area contributed by atoms with Gasteiger partial charge >= 0.3 is 0 Å². The van der Waals surface area contributed by atoms with E-state index in [1.165, 1.54) is 19.3 Å². The first-order chi connectivity index (χ1) is 10.1. The van der Waals surface area contributed by atoms with E-state index >= 15 is 0 Å². The number of hydrogen-bond donors (Lipinski definition) is 0. The zero-order valence-electron chi connectivity index (χ0n) is 13.2. The number of aromatic nitrogens is 2. The summed E-state index contributed by atoms with van der Waals surface area (Å²) < 4.78 is 10.7. The van der Waals surface area contributed by atoms with Crippen molar-refractivity contribution in [2.45, 2.75) is 45.2 Å². The summed E-state index contributed by atoms with van der Waals surface area (Å²) in [6.07, 6.45) is 5.80. The summed E-state index contributed by atoms with van der Waals surface area (Å²) in [7, 11) is 3.30. The number of rotatable bonds is 3. The summed E-state index contributed by atoms with van der Waals surface area (Å²) in [5.74, 6) is 1.46. The summed E-state index contributed by atoms with van der Waals surface area (Å²) in [5.41, 5.74) is 0.928. The van der Waals surface area contributed by atoms with Crippen molar-refractivity contribution >= 4 is 10.9 Å². The second-order valence-corrected chi connectivity index (χ2v) is 5.82. The van der Waals surface area contributed by atoms with Crippen LogP contribution in [0.15, 0.2) is 18.3 Å². The van der Waals surface area contributed by atoms with E-state index in [1.807, 2.05) is 16.9 Å². The number of ether oxygens (including phenoxy) is 2. The fourth-order valence-electron chi connectivity index (χ4n) is 3.27. The van der Waals surface area contributed by atoms with E-state index in [0.717, 1.165) is 22.4 Å². The highest BCUT2D eigenvalue weighted by atomic mass is 16.5. The van der Waals surface area contributed by atoms with Crippen molar-refractivity contribution in [3.63, 3.8) is 0 Å². The molecule has 5 nitrogen and oxygen atoms in total. The molecule has 21 heavy (non-hydrogen) atoms. The molecule has 1 saturated heterocycles. The zero-order chi connectivity index (χ0) is 15.0. The average Bonchev–Trinajstić information content (AvgIpc) is 2.87. The van der Waals surface area contributed by atoms with Crippen LogP contribution >= 0.6 is 0 Å². The Morgan fingerprint density at radius 2 is 1.67 bits per heavy atom. The number of nitrogens with zero attached hydrogens (tertiary/aromatic N) is 3. The van der Waals surface area contributed by atoms with Crippen LogP contribution in [-0.2, 0) is 0 Å². The van der Waals surface area contributed by atoms with Crippen LogP contribution in [0.3, 0.4) is 0 Å². The van der Waals surface area contributed by atoms with Gasteiger partial charge in [0.15, 0.2) is 11.5 Å². The molecule has 1 aliphatic rings. The normalized spacial score (nSPS) is 22.6. The summed E-state index contributed by atoms with van der Waals surface area (Å²) in [6.45, 7) is 4.53. The van der Waals surface area contributed by atoms with Gasteiger partial charge in [-0.05, 0) is 39.2 Å². The highest BCUT2D eigenvalue weighted by Gasteiger charge is 2.26. The van der Waals surface area contributed by atoms with Gasteiger partial charge in [-0.1, -0.05) is 0 Å². The number of fused-ring (bicyclic) bond motifs is 1. The Morgan fingerprint density at radius 3 is 2.29 bits per heavy atom. The van der Waals surface area contributed by atoms with Crippen molar-refractivity contribution < 1.29 is 9.47 Å². The Labute approximate surface area is 125 Å². The summed E-state index contributed by atoms with van der Waals surface area (Å²) in [6, 6.07) is 4.93. The van der Waals surface area contributed by atoms with Gasteiger partial charge in [-0.15, -0.1) is 0 Å². The molecule has 0 amide bonds. The van der Waals surface area contributed by atoms with Crippen LogP contribution < -0.4 is 14.5 Å². The molecule has 2 atom stereocenters. The van der Waals surface area contributed by atoms with E-state index in [9.17, 15) is 0 Å². The summed E-state index contributed by atoms with van der Waals surface area (Å²) in [5, 5.41) is 8.16. The molecule has 0 bridgehead atoms. The molecule has 0 saturated carbocycles. The van der Waals surface area contributed by atoms with Crippen LogP contribution in [-0.4, -0.2) is 36.2 Å². The molecule has 2 aromatic rings. The van der Waals surface area contributed by atoms with Gasteiger partial charge in [0.1, 0.15) is 0 Å². The fourth-order valence-corrected chi connectivity index (χ4v) is 3.27. The summed E-state index contributed by atoms with van der Waals surface area (Å²) in [4.78, 5) is 2.00. The first-order valence-electron chi connectivity index (χ1n) is 7.54. The van der Waals surface area contributed by atoms with Gasteiger partial charge in [0, 0.05) is 23.5 Å². The minimum absolute atomic E-state index is 0.506.